The van der Waals surface area contributed by atoms with Crippen molar-refractivity contribution in [1.29, 1.82) is 0 Å². The van der Waals surface area contributed by atoms with Crippen LogP contribution in [0.1, 0.15) is 34.1 Å². The van der Waals surface area contributed by atoms with Crippen LogP contribution in [0.5, 0.6) is 0 Å². The lowest BCUT2D eigenvalue weighted by Gasteiger charge is -2.17. The van der Waals surface area contributed by atoms with Crippen LogP contribution in [0, 0.1) is 0 Å². The van der Waals surface area contributed by atoms with Crippen LogP contribution in [0.15, 0.2) is 89.6 Å². The van der Waals surface area contributed by atoms with Crippen LogP contribution >= 0.6 is 11.6 Å². The van der Waals surface area contributed by atoms with Gasteiger partial charge in [0.25, 0.3) is 17.7 Å². The number of hydrogen-bond acceptors (Lipinski definition) is 6. The van der Waals surface area contributed by atoms with Crippen molar-refractivity contribution in [3.63, 3.8) is 0 Å². The number of esters is 1. The molecular weight excluding hydrogens is 494 g/mol. The zero-order chi connectivity index (χ0) is 26.5. The van der Waals surface area contributed by atoms with E-state index in [1.54, 1.807) is 31.3 Å². The summed E-state index contributed by atoms with van der Waals surface area (Å²) in [5, 5.41) is 2.62. The quantitative estimate of drug-likeness (QED) is 0.335. The molecule has 4 rings (SSSR count). The molecule has 1 heterocycles. The summed E-state index contributed by atoms with van der Waals surface area (Å²) < 4.78 is 5.09. The van der Waals surface area contributed by atoms with Gasteiger partial charge >= 0.3 is 5.97 Å². The molecule has 0 aromatic heterocycles. The highest BCUT2D eigenvalue weighted by Gasteiger charge is 2.39. The van der Waals surface area contributed by atoms with Crippen molar-refractivity contribution in [2.24, 2.45) is 0 Å². The first-order valence-corrected chi connectivity index (χ1v) is 12.0. The van der Waals surface area contributed by atoms with Gasteiger partial charge in [-0.2, -0.15) is 0 Å². The van der Waals surface area contributed by atoms with E-state index in [0.717, 1.165) is 10.6 Å². The summed E-state index contributed by atoms with van der Waals surface area (Å²) in [5.41, 5.74) is 2.17. The Kier molecular flexibility index (Phi) is 7.69. The van der Waals surface area contributed by atoms with Crippen molar-refractivity contribution in [2.45, 2.75) is 13.3 Å². The molecule has 0 atom stereocenters. The fraction of sp³-hybridized carbons (Fsp3) is 0.143. The number of carbonyl (C=O) groups excluding carboxylic acids is 4. The van der Waals surface area contributed by atoms with Crippen LogP contribution in [0.2, 0.25) is 0 Å². The zero-order valence-corrected chi connectivity index (χ0v) is 21.0. The van der Waals surface area contributed by atoms with Gasteiger partial charge in [-0.1, -0.05) is 36.7 Å². The van der Waals surface area contributed by atoms with E-state index in [2.05, 4.69) is 5.32 Å². The fourth-order valence-corrected chi connectivity index (χ4v) is 3.89. The Morgan fingerprint density at radius 2 is 1.51 bits per heavy atom. The Balaban J connectivity index is 1.46. The number of benzene rings is 3. The first-order valence-electron chi connectivity index (χ1n) is 11.6. The van der Waals surface area contributed by atoms with Gasteiger partial charge in [-0.25, -0.2) is 9.69 Å². The van der Waals surface area contributed by atoms with E-state index >= 15 is 0 Å². The van der Waals surface area contributed by atoms with Crippen LogP contribution in [0.25, 0.3) is 0 Å². The average Bonchev–Trinajstić information content (AvgIpc) is 3.14. The summed E-state index contributed by atoms with van der Waals surface area (Å²) in [4.78, 5) is 53.1. The van der Waals surface area contributed by atoms with Crippen molar-refractivity contribution < 1.29 is 23.9 Å². The van der Waals surface area contributed by atoms with Crippen molar-refractivity contribution >= 4 is 52.4 Å². The molecule has 37 heavy (non-hydrogen) atoms. The lowest BCUT2D eigenvalue weighted by Crippen LogP contribution is -2.32. The lowest BCUT2D eigenvalue weighted by atomic mass is 10.1. The summed E-state index contributed by atoms with van der Waals surface area (Å²) in [6, 6.07) is 21.7. The van der Waals surface area contributed by atoms with Crippen molar-refractivity contribution in [2.75, 3.05) is 28.8 Å². The second-order valence-electron chi connectivity index (χ2n) is 8.22. The Hall–Kier alpha value is -4.43. The molecule has 9 heteroatoms. The molecule has 0 bridgehead atoms. The van der Waals surface area contributed by atoms with Crippen molar-refractivity contribution in [3.8, 4) is 0 Å². The standard InChI is InChI=1S/C28H24ClN3O5/c1-3-17-37-28(36)19-11-15-22(16-12-19)32-26(34)23(29)24(27(32)35)30-20-13-9-18(10-14-20)25(33)31(2)21-7-5-4-6-8-21/h4-16,30H,3,17H2,1-2H3. The Morgan fingerprint density at radius 3 is 2.14 bits per heavy atom. The molecule has 3 aromatic carbocycles. The summed E-state index contributed by atoms with van der Waals surface area (Å²) in [7, 11) is 1.69. The predicted molar refractivity (Wildman–Crippen MR) is 142 cm³/mol. The highest BCUT2D eigenvalue weighted by atomic mass is 35.5. The van der Waals surface area contributed by atoms with Crippen LogP contribution in [0.3, 0.4) is 0 Å². The third-order valence-corrected chi connectivity index (χ3v) is 6.03. The molecule has 3 amide bonds. The molecule has 0 spiro atoms. The third kappa shape index (κ3) is 5.39. The minimum atomic E-state index is -0.688. The molecule has 188 valence electrons. The monoisotopic (exact) mass is 517 g/mol. The number of nitrogens with one attached hydrogen (secondary N) is 1. The van der Waals surface area contributed by atoms with Crippen LogP contribution in [0.4, 0.5) is 17.1 Å². The Labute approximate surface area is 219 Å². The van der Waals surface area contributed by atoms with Crippen LogP contribution in [-0.4, -0.2) is 37.3 Å². The average molecular weight is 518 g/mol. The normalized spacial score (nSPS) is 13.1. The minimum Gasteiger partial charge on any atom is -0.462 e. The number of nitrogens with zero attached hydrogens (tertiary/aromatic N) is 2. The molecule has 8 nitrogen and oxygen atoms in total. The third-order valence-electron chi connectivity index (χ3n) is 5.68. The van der Waals surface area contributed by atoms with Gasteiger partial charge in [0.15, 0.2) is 0 Å². The van der Waals surface area contributed by atoms with E-state index in [9.17, 15) is 19.2 Å². The SMILES string of the molecule is CCCOC(=O)c1ccc(N2C(=O)C(Cl)=C(Nc3ccc(C(=O)N(C)c4ccccc4)cc3)C2=O)cc1. The summed E-state index contributed by atoms with van der Waals surface area (Å²) in [5.74, 6) is -2.01. The van der Waals surface area contributed by atoms with E-state index < -0.39 is 17.8 Å². The van der Waals surface area contributed by atoms with Gasteiger partial charge < -0.3 is 15.0 Å². The number of amides is 3. The van der Waals surface area contributed by atoms with Gasteiger partial charge in [-0.3, -0.25) is 14.4 Å². The predicted octanol–water partition coefficient (Wildman–Crippen LogP) is 4.97. The molecule has 1 aliphatic heterocycles. The van der Waals surface area contributed by atoms with Gasteiger partial charge in [0.1, 0.15) is 10.7 Å². The summed E-state index contributed by atoms with van der Waals surface area (Å²) >= 11 is 6.22. The van der Waals surface area contributed by atoms with Crippen LogP contribution in [-0.2, 0) is 14.3 Å². The number of ether oxygens (including phenoxy) is 1. The molecule has 0 fully saturated rings. The number of anilines is 3. The van der Waals surface area contributed by atoms with E-state index in [1.165, 1.54) is 29.2 Å². The molecule has 0 unspecified atom stereocenters. The highest BCUT2D eigenvalue weighted by molar-refractivity contribution is 6.53. The molecule has 3 aromatic rings. The zero-order valence-electron chi connectivity index (χ0n) is 20.2. The first-order chi connectivity index (χ1) is 17.8. The maximum absolute atomic E-state index is 13.1. The summed E-state index contributed by atoms with van der Waals surface area (Å²) in [6.45, 7) is 2.19. The Bertz CT molecular complexity index is 1370. The molecule has 0 saturated heterocycles. The van der Waals surface area contributed by atoms with Gasteiger partial charge in [0, 0.05) is 24.0 Å². The molecule has 0 radical (unpaired) electrons. The number of halogens is 1. The van der Waals surface area contributed by atoms with E-state index in [1.807, 2.05) is 37.3 Å². The fourth-order valence-electron chi connectivity index (χ4n) is 3.67. The minimum absolute atomic E-state index is 0.0846. The van der Waals surface area contributed by atoms with Crippen molar-refractivity contribution in [3.05, 3.63) is 101 Å². The second-order valence-corrected chi connectivity index (χ2v) is 8.60. The topological polar surface area (TPSA) is 96.0 Å². The summed E-state index contributed by atoms with van der Waals surface area (Å²) in [6.07, 6.45) is 0.699. The van der Waals surface area contributed by atoms with E-state index in [4.69, 9.17) is 16.3 Å². The highest BCUT2D eigenvalue weighted by Crippen LogP contribution is 2.30. The number of carbonyl (C=O) groups is 4. The van der Waals surface area contributed by atoms with Gasteiger partial charge in [-0.15, -0.1) is 0 Å². The maximum Gasteiger partial charge on any atom is 0.338 e. The molecular formula is C28H24ClN3O5. The smallest absolute Gasteiger partial charge is 0.338 e. The number of para-hydroxylation sites is 1. The molecule has 0 aliphatic carbocycles. The molecule has 0 saturated carbocycles. The Morgan fingerprint density at radius 1 is 0.892 bits per heavy atom. The molecule has 1 N–H and O–H groups in total. The number of hydrogen-bond donors (Lipinski definition) is 1. The van der Waals surface area contributed by atoms with E-state index in [0.29, 0.717) is 29.8 Å². The van der Waals surface area contributed by atoms with Crippen molar-refractivity contribution in [1.82, 2.24) is 0 Å². The first kappa shape index (κ1) is 25.7. The second kappa shape index (κ2) is 11.1. The van der Waals surface area contributed by atoms with E-state index in [-0.39, 0.29) is 22.3 Å². The molecule has 1 aliphatic rings. The van der Waals surface area contributed by atoms with Gasteiger partial charge in [0.05, 0.1) is 17.9 Å². The number of rotatable bonds is 8. The van der Waals surface area contributed by atoms with Gasteiger partial charge in [-0.05, 0) is 67.1 Å². The van der Waals surface area contributed by atoms with Crippen LogP contribution < -0.4 is 15.1 Å². The largest absolute Gasteiger partial charge is 0.462 e. The van der Waals surface area contributed by atoms with Gasteiger partial charge in [0.2, 0.25) is 0 Å². The lowest BCUT2D eigenvalue weighted by molar-refractivity contribution is -0.120. The maximum atomic E-state index is 13.1. The number of imide groups is 1.